The summed E-state index contributed by atoms with van der Waals surface area (Å²) in [6.07, 6.45) is 29.0. The fourth-order valence-electron chi connectivity index (χ4n) is 9.89. The van der Waals surface area contributed by atoms with Crippen molar-refractivity contribution in [1.29, 1.82) is 0 Å². The molecule has 12 atom stereocenters. The fourth-order valence-corrected chi connectivity index (χ4v) is 9.89. The molecule has 0 aromatic rings. The van der Waals surface area contributed by atoms with E-state index in [4.69, 9.17) is 18.9 Å². The molecular formula is C55H107NO13. The third kappa shape index (κ3) is 28.9. The number of amides is 1. The molecule has 14 heteroatoms. The van der Waals surface area contributed by atoms with E-state index in [-0.39, 0.29) is 12.5 Å². The van der Waals surface area contributed by atoms with Gasteiger partial charge in [-0.25, -0.2) is 0 Å². The lowest BCUT2D eigenvalue weighted by Gasteiger charge is -2.46. The van der Waals surface area contributed by atoms with Gasteiger partial charge in [0.05, 0.1) is 32.0 Å². The zero-order valence-corrected chi connectivity index (χ0v) is 43.8. The first-order valence-electron chi connectivity index (χ1n) is 28.8. The second-order valence-electron chi connectivity index (χ2n) is 20.8. The maximum absolute atomic E-state index is 13.1. The Bertz CT molecular complexity index is 1170. The lowest BCUT2D eigenvalue weighted by atomic mass is 9.97. The van der Waals surface area contributed by atoms with Crippen molar-refractivity contribution >= 4 is 5.91 Å². The van der Waals surface area contributed by atoms with E-state index in [1.807, 2.05) is 0 Å². The molecule has 0 bridgehead atoms. The fraction of sp³-hybridized carbons (Fsp3) is 0.982. The molecule has 69 heavy (non-hydrogen) atoms. The molecule has 0 spiro atoms. The van der Waals surface area contributed by atoms with E-state index < -0.39 is 86.8 Å². The highest BCUT2D eigenvalue weighted by molar-refractivity contribution is 5.76. The summed E-state index contributed by atoms with van der Waals surface area (Å²) >= 11 is 0. The van der Waals surface area contributed by atoms with Gasteiger partial charge in [0, 0.05) is 6.42 Å². The molecule has 12 unspecified atom stereocenters. The Hall–Kier alpha value is -1.01. The van der Waals surface area contributed by atoms with Crippen LogP contribution in [0.5, 0.6) is 0 Å². The summed E-state index contributed by atoms with van der Waals surface area (Å²) in [5, 5.41) is 86.6. The average Bonchev–Trinajstić information content (AvgIpc) is 3.35. The summed E-state index contributed by atoms with van der Waals surface area (Å²) in [7, 11) is 0. The minimum atomic E-state index is -1.78. The van der Waals surface area contributed by atoms with Crippen LogP contribution in [0.25, 0.3) is 0 Å². The summed E-state index contributed by atoms with van der Waals surface area (Å²) in [6, 6.07) is -0.819. The van der Waals surface area contributed by atoms with Crippen LogP contribution in [-0.4, -0.2) is 140 Å². The van der Waals surface area contributed by atoms with Crippen molar-refractivity contribution in [3.63, 3.8) is 0 Å². The van der Waals surface area contributed by atoms with Crippen LogP contribution in [0.2, 0.25) is 0 Å². The number of unbranched alkanes of at least 4 members (excludes halogenated alkanes) is 33. The minimum absolute atomic E-state index is 0.206. The lowest BCUT2D eigenvalue weighted by Crippen LogP contribution is -2.65. The summed E-state index contributed by atoms with van der Waals surface area (Å²) in [5.74, 6) is -0.206. The van der Waals surface area contributed by atoms with Gasteiger partial charge in [0.15, 0.2) is 12.6 Å². The first kappa shape index (κ1) is 64.1. The van der Waals surface area contributed by atoms with Gasteiger partial charge in [0.25, 0.3) is 0 Å². The highest BCUT2D eigenvalue weighted by Crippen LogP contribution is 2.30. The van der Waals surface area contributed by atoms with Gasteiger partial charge in [0.1, 0.15) is 48.8 Å². The van der Waals surface area contributed by atoms with Crippen LogP contribution < -0.4 is 5.32 Å². The van der Waals surface area contributed by atoms with Crippen molar-refractivity contribution in [2.75, 3.05) is 19.8 Å². The number of nitrogens with one attached hydrogen (secondary N) is 1. The molecule has 2 saturated heterocycles. The normalized spacial score (nSPS) is 26.1. The number of aliphatic hydroxyl groups excluding tert-OH is 8. The molecule has 410 valence electrons. The van der Waals surface area contributed by atoms with Crippen LogP contribution >= 0.6 is 0 Å². The first-order chi connectivity index (χ1) is 33.6. The highest BCUT2D eigenvalue weighted by atomic mass is 16.7. The Morgan fingerprint density at radius 1 is 0.464 bits per heavy atom. The van der Waals surface area contributed by atoms with Crippen LogP contribution in [0, 0.1) is 0 Å². The second-order valence-corrected chi connectivity index (χ2v) is 20.8. The minimum Gasteiger partial charge on any atom is -0.394 e. The Morgan fingerprint density at radius 2 is 0.826 bits per heavy atom. The topological polar surface area (TPSA) is 228 Å². The maximum atomic E-state index is 13.1. The third-order valence-corrected chi connectivity index (χ3v) is 14.6. The standard InChI is InChI=1S/C55H107NO13/c1-3-5-7-9-11-12-13-14-15-16-17-18-19-20-21-22-23-24-25-26-27-28-29-30-31-32-33-35-37-39-47(60)56-43(44(59)38-36-34-10-8-6-4-2)42-66-54-52(65)50(63)53(46(41-58)68-54)69-55-51(64)49(62)48(61)45(40-57)67-55/h43-46,48-55,57-59,61-65H,3-42H2,1-2H3,(H,56,60). The van der Waals surface area contributed by atoms with Gasteiger partial charge in [-0.2, -0.15) is 0 Å². The molecule has 0 aliphatic carbocycles. The van der Waals surface area contributed by atoms with Crippen molar-refractivity contribution in [3.05, 3.63) is 0 Å². The van der Waals surface area contributed by atoms with Gasteiger partial charge < -0.3 is 65.1 Å². The van der Waals surface area contributed by atoms with E-state index in [0.29, 0.717) is 12.8 Å². The van der Waals surface area contributed by atoms with E-state index in [9.17, 15) is 45.6 Å². The molecule has 0 aromatic carbocycles. The van der Waals surface area contributed by atoms with E-state index in [0.717, 1.165) is 64.2 Å². The Balaban J connectivity index is 1.58. The molecule has 0 aromatic heterocycles. The van der Waals surface area contributed by atoms with Crippen molar-refractivity contribution in [2.45, 2.75) is 325 Å². The van der Waals surface area contributed by atoms with Gasteiger partial charge in [-0.1, -0.05) is 232 Å². The van der Waals surface area contributed by atoms with Gasteiger partial charge in [-0.15, -0.1) is 0 Å². The number of carbonyl (C=O) groups is 1. The zero-order valence-electron chi connectivity index (χ0n) is 43.8. The van der Waals surface area contributed by atoms with Crippen LogP contribution in [-0.2, 0) is 23.7 Å². The number of ether oxygens (including phenoxy) is 4. The van der Waals surface area contributed by atoms with Crippen LogP contribution in [0.4, 0.5) is 0 Å². The van der Waals surface area contributed by atoms with Crippen LogP contribution in [0.15, 0.2) is 0 Å². The highest BCUT2D eigenvalue weighted by Gasteiger charge is 2.51. The number of hydrogen-bond donors (Lipinski definition) is 9. The van der Waals surface area contributed by atoms with Crippen molar-refractivity contribution < 1.29 is 64.6 Å². The Kier molecular flexibility index (Phi) is 39.4. The molecule has 0 saturated carbocycles. The van der Waals surface area contributed by atoms with Gasteiger partial charge in [0.2, 0.25) is 5.91 Å². The summed E-state index contributed by atoms with van der Waals surface area (Å²) in [5.41, 5.74) is 0. The average molecular weight is 990 g/mol. The molecule has 9 N–H and O–H groups in total. The summed E-state index contributed by atoms with van der Waals surface area (Å²) in [6.45, 7) is 2.80. The number of carbonyl (C=O) groups excluding carboxylic acids is 1. The SMILES string of the molecule is CCCCCCCCCCCCCCCCCCCCCCCCCCCCCCCC(=O)NC(COC1OC(CO)C(OC2OC(CO)C(O)C(O)C2O)C(O)C1O)C(O)CCCCCCCC. The van der Waals surface area contributed by atoms with E-state index in [1.165, 1.54) is 161 Å². The van der Waals surface area contributed by atoms with Crippen molar-refractivity contribution in [2.24, 2.45) is 0 Å². The molecule has 2 heterocycles. The quantitative estimate of drug-likeness (QED) is 0.0260. The molecule has 2 aliphatic rings. The monoisotopic (exact) mass is 990 g/mol. The Labute approximate surface area is 419 Å². The van der Waals surface area contributed by atoms with Crippen LogP contribution in [0.3, 0.4) is 0 Å². The molecule has 1 amide bonds. The van der Waals surface area contributed by atoms with Gasteiger partial charge >= 0.3 is 0 Å². The smallest absolute Gasteiger partial charge is 0.220 e. The predicted molar refractivity (Wildman–Crippen MR) is 272 cm³/mol. The largest absolute Gasteiger partial charge is 0.394 e. The molecule has 14 nitrogen and oxygen atoms in total. The summed E-state index contributed by atoms with van der Waals surface area (Å²) < 4.78 is 22.7. The molecule has 2 aliphatic heterocycles. The predicted octanol–water partition coefficient (Wildman–Crippen LogP) is 8.95. The zero-order chi connectivity index (χ0) is 50.3. The molecule has 2 rings (SSSR count). The van der Waals surface area contributed by atoms with Gasteiger partial charge in [-0.05, 0) is 12.8 Å². The van der Waals surface area contributed by atoms with E-state index in [1.54, 1.807) is 0 Å². The second kappa shape index (κ2) is 42.4. The van der Waals surface area contributed by atoms with E-state index >= 15 is 0 Å². The van der Waals surface area contributed by atoms with Gasteiger partial charge in [-0.3, -0.25) is 4.79 Å². The van der Waals surface area contributed by atoms with Crippen molar-refractivity contribution in [3.8, 4) is 0 Å². The number of hydrogen-bond acceptors (Lipinski definition) is 13. The molecule has 2 fully saturated rings. The maximum Gasteiger partial charge on any atom is 0.220 e. The lowest BCUT2D eigenvalue weighted by molar-refractivity contribution is -0.359. The summed E-state index contributed by atoms with van der Waals surface area (Å²) in [4.78, 5) is 13.1. The molecule has 0 radical (unpaired) electrons. The number of rotatable bonds is 46. The Morgan fingerprint density at radius 3 is 1.23 bits per heavy atom. The van der Waals surface area contributed by atoms with Crippen LogP contribution in [0.1, 0.15) is 251 Å². The molecular weight excluding hydrogens is 883 g/mol. The first-order valence-corrected chi connectivity index (χ1v) is 28.8. The third-order valence-electron chi connectivity index (χ3n) is 14.6. The van der Waals surface area contributed by atoms with Crippen molar-refractivity contribution in [1.82, 2.24) is 5.32 Å². The number of aliphatic hydroxyl groups is 8. The van der Waals surface area contributed by atoms with E-state index in [2.05, 4.69) is 19.2 Å².